The van der Waals surface area contributed by atoms with Gasteiger partial charge in [0, 0.05) is 25.0 Å². The molecular formula is C12H21N3O2. The van der Waals surface area contributed by atoms with E-state index in [-0.39, 0.29) is 12.0 Å². The van der Waals surface area contributed by atoms with E-state index >= 15 is 0 Å². The number of carbonyl (C=O) groups is 1. The molecule has 0 aliphatic heterocycles. The van der Waals surface area contributed by atoms with Crippen molar-refractivity contribution in [1.29, 1.82) is 0 Å². The van der Waals surface area contributed by atoms with Crippen molar-refractivity contribution in [2.24, 2.45) is 5.41 Å². The van der Waals surface area contributed by atoms with Crippen molar-refractivity contribution in [2.45, 2.75) is 33.4 Å². The van der Waals surface area contributed by atoms with Crippen molar-refractivity contribution in [3.8, 4) is 0 Å². The third kappa shape index (κ3) is 4.19. The SMILES string of the molecule is COC(=O)C(C)(C)CNC(C)Cn1cccn1. The lowest BCUT2D eigenvalue weighted by Gasteiger charge is -2.24. The van der Waals surface area contributed by atoms with E-state index in [0.29, 0.717) is 6.54 Å². The van der Waals surface area contributed by atoms with Gasteiger partial charge in [0.2, 0.25) is 0 Å². The highest BCUT2D eigenvalue weighted by atomic mass is 16.5. The van der Waals surface area contributed by atoms with Crippen molar-refractivity contribution < 1.29 is 9.53 Å². The van der Waals surface area contributed by atoms with Crippen molar-refractivity contribution in [1.82, 2.24) is 15.1 Å². The van der Waals surface area contributed by atoms with Crippen LogP contribution < -0.4 is 5.32 Å². The number of ether oxygens (including phenoxy) is 1. The molecule has 0 fully saturated rings. The van der Waals surface area contributed by atoms with E-state index in [4.69, 9.17) is 4.74 Å². The fraction of sp³-hybridized carbons (Fsp3) is 0.667. The fourth-order valence-electron chi connectivity index (χ4n) is 1.53. The smallest absolute Gasteiger partial charge is 0.312 e. The van der Waals surface area contributed by atoms with Crippen molar-refractivity contribution in [3.05, 3.63) is 18.5 Å². The highest BCUT2D eigenvalue weighted by Gasteiger charge is 2.28. The van der Waals surface area contributed by atoms with Crippen LogP contribution in [0.5, 0.6) is 0 Å². The van der Waals surface area contributed by atoms with Crippen LogP contribution in [0, 0.1) is 5.41 Å². The van der Waals surface area contributed by atoms with Gasteiger partial charge in [-0.1, -0.05) is 0 Å². The lowest BCUT2D eigenvalue weighted by atomic mass is 9.93. The first-order valence-electron chi connectivity index (χ1n) is 5.75. The van der Waals surface area contributed by atoms with E-state index in [2.05, 4.69) is 17.3 Å². The number of rotatable bonds is 6. The molecule has 1 heterocycles. The molecule has 5 heteroatoms. The van der Waals surface area contributed by atoms with E-state index < -0.39 is 5.41 Å². The number of nitrogens with one attached hydrogen (secondary N) is 1. The number of nitrogens with zero attached hydrogens (tertiary/aromatic N) is 2. The Morgan fingerprint density at radius 1 is 1.59 bits per heavy atom. The molecule has 0 aliphatic carbocycles. The molecular weight excluding hydrogens is 218 g/mol. The Kier molecular flexibility index (Phi) is 4.69. The van der Waals surface area contributed by atoms with Gasteiger partial charge in [-0.05, 0) is 26.8 Å². The lowest BCUT2D eigenvalue weighted by Crippen LogP contribution is -2.42. The predicted octanol–water partition coefficient (Wildman–Crippen LogP) is 1.06. The Hall–Kier alpha value is -1.36. The predicted molar refractivity (Wildman–Crippen MR) is 65.5 cm³/mol. The van der Waals surface area contributed by atoms with Crippen LogP contribution >= 0.6 is 0 Å². The van der Waals surface area contributed by atoms with E-state index in [1.807, 2.05) is 30.8 Å². The number of esters is 1. The summed E-state index contributed by atoms with van der Waals surface area (Å²) in [6.07, 6.45) is 3.68. The Balaban J connectivity index is 2.37. The fourth-order valence-corrected chi connectivity index (χ4v) is 1.53. The molecule has 1 atom stereocenters. The molecule has 0 saturated carbocycles. The molecule has 1 aromatic rings. The molecule has 17 heavy (non-hydrogen) atoms. The Morgan fingerprint density at radius 3 is 2.82 bits per heavy atom. The van der Waals surface area contributed by atoms with Gasteiger partial charge in [-0.3, -0.25) is 9.48 Å². The summed E-state index contributed by atoms with van der Waals surface area (Å²) in [5.41, 5.74) is -0.507. The van der Waals surface area contributed by atoms with Crippen molar-refractivity contribution in [2.75, 3.05) is 13.7 Å². The largest absolute Gasteiger partial charge is 0.469 e. The molecule has 1 aromatic heterocycles. The van der Waals surface area contributed by atoms with Gasteiger partial charge >= 0.3 is 5.97 Å². The summed E-state index contributed by atoms with van der Waals surface area (Å²) in [6.45, 7) is 7.17. The van der Waals surface area contributed by atoms with Crippen LogP contribution in [0.15, 0.2) is 18.5 Å². The number of hydrogen-bond acceptors (Lipinski definition) is 4. The quantitative estimate of drug-likeness (QED) is 0.754. The molecule has 1 rings (SSSR count). The summed E-state index contributed by atoms with van der Waals surface area (Å²) in [5.74, 6) is -0.198. The van der Waals surface area contributed by atoms with Crippen molar-refractivity contribution >= 4 is 5.97 Å². The lowest BCUT2D eigenvalue weighted by molar-refractivity contribution is -0.150. The molecule has 0 radical (unpaired) electrons. The Labute approximate surface area is 102 Å². The van der Waals surface area contributed by atoms with E-state index in [1.54, 1.807) is 6.20 Å². The van der Waals surface area contributed by atoms with Gasteiger partial charge in [-0.2, -0.15) is 5.10 Å². The van der Waals surface area contributed by atoms with Crippen LogP contribution in [0.3, 0.4) is 0 Å². The molecule has 0 saturated heterocycles. The summed E-state index contributed by atoms with van der Waals surface area (Å²) in [6, 6.07) is 2.14. The third-order valence-corrected chi connectivity index (χ3v) is 2.65. The first kappa shape index (κ1) is 13.7. The Morgan fingerprint density at radius 2 is 2.29 bits per heavy atom. The number of hydrogen-bond donors (Lipinski definition) is 1. The summed E-state index contributed by atoms with van der Waals surface area (Å²) >= 11 is 0. The molecule has 0 amide bonds. The van der Waals surface area contributed by atoms with Gasteiger partial charge in [0.1, 0.15) is 0 Å². The van der Waals surface area contributed by atoms with Crippen LogP contribution in [0.1, 0.15) is 20.8 Å². The average molecular weight is 239 g/mol. The van der Waals surface area contributed by atoms with Crippen LogP contribution in [0.25, 0.3) is 0 Å². The normalized spacial score (nSPS) is 13.4. The van der Waals surface area contributed by atoms with Gasteiger partial charge in [0.15, 0.2) is 0 Å². The van der Waals surface area contributed by atoms with Crippen LogP contribution in [0.4, 0.5) is 0 Å². The molecule has 0 aliphatic rings. The second-order valence-electron chi connectivity index (χ2n) is 4.89. The van der Waals surface area contributed by atoms with Crippen molar-refractivity contribution in [3.63, 3.8) is 0 Å². The zero-order valence-electron chi connectivity index (χ0n) is 10.9. The zero-order valence-corrected chi connectivity index (χ0v) is 10.9. The van der Waals surface area contributed by atoms with Gasteiger partial charge in [0.05, 0.1) is 19.1 Å². The minimum Gasteiger partial charge on any atom is -0.469 e. The van der Waals surface area contributed by atoms with Gasteiger partial charge in [-0.25, -0.2) is 0 Å². The highest BCUT2D eigenvalue weighted by molar-refractivity contribution is 5.76. The average Bonchev–Trinajstić information content (AvgIpc) is 2.78. The molecule has 0 aromatic carbocycles. The molecule has 96 valence electrons. The van der Waals surface area contributed by atoms with Gasteiger partial charge in [0.25, 0.3) is 0 Å². The summed E-state index contributed by atoms with van der Waals surface area (Å²) in [5, 5.41) is 7.45. The number of aromatic nitrogens is 2. The highest BCUT2D eigenvalue weighted by Crippen LogP contribution is 2.15. The van der Waals surface area contributed by atoms with Crippen LogP contribution in [-0.4, -0.2) is 35.4 Å². The maximum atomic E-state index is 11.5. The first-order valence-corrected chi connectivity index (χ1v) is 5.75. The van der Waals surface area contributed by atoms with Gasteiger partial charge in [-0.15, -0.1) is 0 Å². The Bertz CT molecular complexity index is 347. The van der Waals surface area contributed by atoms with Gasteiger partial charge < -0.3 is 10.1 Å². The topological polar surface area (TPSA) is 56.1 Å². The van der Waals surface area contributed by atoms with E-state index in [9.17, 15) is 4.79 Å². The second kappa shape index (κ2) is 5.82. The summed E-state index contributed by atoms with van der Waals surface area (Å²) < 4.78 is 6.62. The molecule has 0 spiro atoms. The van der Waals surface area contributed by atoms with Crippen LogP contribution in [0.2, 0.25) is 0 Å². The van der Waals surface area contributed by atoms with Crippen LogP contribution in [-0.2, 0) is 16.1 Å². The first-order chi connectivity index (χ1) is 7.95. The van der Waals surface area contributed by atoms with E-state index in [1.165, 1.54) is 7.11 Å². The molecule has 1 N–H and O–H groups in total. The number of methoxy groups -OCH3 is 1. The molecule has 5 nitrogen and oxygen atoms in total. The molecule has 1 unspecified atom stereocenters. The minimum absolute atomic E-state index is 0.198. The maximum Gasteiger partial charge on any atom is 0.312 e. The second-order valence-corrected chi connectivity index (χ2v) is 4.89. The van der Waals surface area contributed by atoms with E-state index in [0.717, 1.165) is 6.54 Å². The monoisotopic (exact) mass is 239 g/mol. The maximum absolute atomic E-state index is 11.5. The summed E-state index contributed by atoms with van der Waals surface area (Å²) in [4.78, 5) is 11.5. The molecule has 0 bridgehead atoms. The standard InChI is InChI=1S/C12H21N3O2/c1-10(8-15-7-5-6-14-15)13-9-12(2,3)11(16)17-4/h5-7,10,13H,8-9H2,1-4H3. The zero-order chi connectivity index (χ0) is 12.9. The number of carbonyl (C=O) groups excluding carboxylic acids is 1. The third-order valence-electron chi connectivity index (χ3n) is 2.65. The minimum atomic E-state index is -0.507. The summed E-state index contributed by atoms with van der Waals surface area (Å²) in [7, 11) is 1.41.